The third kappa shape index (κ3) is 3.50. The molecular formula is C11H15BrN2. The lowest BCUT2D eigenvalue weighted by atomic mass is 10.1. The van der Waals surface area contributed by atoms with E-state index in [4.69, 9.17) is 5.73 Å². The first-order chi connectivity index (χ1) is 6.74. The van der Waals surface area contributed by atoms with E-state index in [1.807, 2.05) is 12.1 Å². The monoisotopic (exact) mass is 254 g/mol. The standard InChI is InChI=1S/C11H15BrN2/c1-9(4-2-6-12)8-10-5-3-7-14-11(10)13/h3-5,7H,2,6,8H2,1H3,(H2,13,14). The van der Waals surface area contributed by atoms with Crippen LogP contribution >= 0.6 is 15.9 Å². The molecule has 1 heterocycles. The zero-order valence-corrected chi connectivity index (χ0v) is 9.92. The zero-order valence-electron chi connectivity index (χ0n) is 8.33. The number of pyridine rings is 1. The van der Waals surface area contributed by atoms with E-state index in [9.17, 15) is 0 Å². The second-order valence-corrected chi connectivity index (χ2v) is 4.05. The molecule has 0 unspecified atom stereocenters. The summed E-state index contributed by atoms with van der Waals surface area (Å²) < 4.78 is 0. The lowest BCUT2D eigenvalue weighted by Gasteiger charge is -2.04. The Labute approximate surface area is 93.4 Å². The Kier molecular flexibility index (Phi) is 4.66. The largest absolute Gasteiger partial charge is 0.383 e. The van der Waals surface area contributed by atoms with Crippen LogP contribution in [0.1, 0.15) is 18.9 Å². The first-order valence-electron chi connectivity index (χ1n) is 4.65. The Morgan fingerprint density at radius 3 is 3.07 bits per heavy atom. The first kappa shape index (κ1) is 11.2. The molecule has 0 atom stereocenters. The van der Waals surface area contributed by atoms with Crippen LogP contribution in [0.15, 0.2) is 30.0 Å². The van der Waals surface area contributed by atoms with Gasteiger partial charge in [-0.05, 0) is 31.4 Å². The molecule has 0 saturated heterocycles. The summed E-state index contributed by atoms with van der Waals surface area (Å²) in [6, 6.07) is 3.94. The third-order valence-corrected chi connectivity index (χ3v) is 2.46. The van der Waals surface area contributed by atoms with Crippen LogP contribution in [-0.2, 0) is 6.42 Å². The van der Waals surface area contributed by atoms with Crippen LogP contribution in [0, 0.1) is 0 Å². The van der Waals surface area contributed by atoms with E-state index in [2.05, 4.69) is 33.9 Å². The van der Waals surface area contributed by atoms with Gasteiger partial charge in [-0.25, -0.2) is 4.98 Å². The van der Waals surface area contributed by atoms with E-state index < -0.39 is 0 Å². The Morgan fingerprint density at radius 1 is 1.64 bits per heavy atom. The van der Waals surface area contributed by atoms with Gasteiger partial charge >= 0.3 is 0 Å². The molecule has 14 heavy (non-hydrogen) atoms. The Bertz CT molecular complexity index is 321. The number of hydrogen-bond donors (Lipinski definition) is 1. The van der Waals surface area contributed by atoms with Crippen LogP contribution in [0.2, 0.25) is 0 Å². The Balaban J connectivity index is 2.64. The molecule has 76 valence electrons. The van der Waals surface area contributed by atoms with Crippen molar-refractivity contribution in [1.82, 2.24) is 4.98 Å². The maximum atomic E-state index is 5.75. The number of aromatic nitrogens is 1. The van der Waals surface area contributed by atoms with Gasteiger partial charge in [0.2, 0.25) is 0 Å². The molecule has 0 spiro atoms. The van der Waals surface area contributed by atoms with Crippen LogP contribution in [-0.4, -0.2) is 10.3 Å². The number of hydrogen-bond acceptors (Lipinski definition) is 2. The van der Waals surface area contributed by atoms with E-state index in [0.29, 0.717) is 5.82 Å². The number of halogens is 1. The topological polar surface area (TPSA) is 38.9 Å². The van der Waals surface area contributed by atoms with Crippen LogP contribution in [0.25, 0.3) is 0 Å². The average Bonchev–Trinajstić information content (AvgIpc) is 2.18. The van der Waals surface area contributed by atoms with E-state index in [0.717, 1.165) is 23.7 Å². The zero-order chi connectivity index (χ0) is 10.4. The van der Waals surface area contributed by atoms with E-state index in [1.54, 1.807) is 6.20 Å². The summed E-state index contributed by atoms with van der Waals surface area (Å²) >= 11 is 3.40. The maximum absolute atomic E-state index is 5.75. The molecule has 0 aromatic carbocycles. The molecule has 0 bridgehead atoms. The highest BCUT2D eigenvalue weighted by Gasteiger charge is 1.99. The van der Waals surface area contributed by atoms with Crippen molar-refractivity contribution in [2.24, 2.45) is 0 Å². The second kappa shape index (κ2) is 5.81. The molecule has 0 aliphatic heterocycles. The van der Waals surface area contributed by atoms with Crippen LogP contribution in [0.4, 0.5) is 5.82 Å². The molecule has 1 aromatic heterocycles. The van der Waals surface area contributed by atoms with Crippen molar-refractivity contribution in [3.05, 3.63) is 35.5 Å². The number of nitrogens with zero attached hydrogens (tertiary/aromatic N) is 1. The predicted octanol–water partition coefficient (Wildman–Crippen LogP) is 2.94. The fourth-order valence-corrected chi connectivity index (χ4v) is 1.50. The fourth-order valence-electron chi connectivity index (χ4n) is 1.27. The Hall–Kier alpha value is -0.830. The average molecular weight is 255 g/mol. The summed E-state index contributed by atoms with van der Waals surface area (Å²) in [4.78, 5) is 4.05. The summed E-state index contributed by atoms with van der Waals surface area (Å²) in [5.74, 6) is 0.638. The van der Waals surface area contributed by atoms with Crippen LogP contribution < -0.4 is 5.73 Å². The van der Waals surface area contributed by atoms with Gasteiger partial charge in [0.05, 0.1) is 0 Å². The molecule has 2 N–H and O–H groups in total. The number of alkyl halides is 1. The van der Waals surface area contributed by atoms with E-state index >= 15 is 0 Å². The molecule has 0 radical (unpaired) electrons. The summed E-state index contributed by atoms with van der Waals surface area (Å²) in [5.41, 5.74) is 8.19. The highest BCUT2D eigenvalue weighted by molar-refractivity contribution is 9.09. The van der Waals surface area contributed by atoms with Gasteiger partial charge in [0, 0.05) is 11.5 Å². The summed E-state index contributed by atoms with van der Waals surface area (Å²) in [5, 5.41) is 1.01. The van der Waals surface area contributed by atoms with Crippen molar-refractivity contribution in [3.63, 3.8) is 0 Å². The second-order valence-electron chi connectivity index (χ2n) is 3.25. The molecular weight excluding hydrogens is 240 g/mol. The van der Waals surface area contributed by atoms with Gasteiger partial charge < -0.3 is 5.73 Å². The van der Waals surface area contributed by atoms with Crippen LogP contribution in [0.3, 0.4) is 0 Å². The number of nitrogen functional groups attached to an aromatic ring is 1. The van der Waals surface area contributed by atoms with Gasteiger partial charge in [0.15, 0.2) is 0 Å². The minimum atomic E-state index is 0.638. The van der Waals surface area contributed by atoms with Gasteiger partial charge in [-0.2, -0.15) is 0 Å². The smallest absolute Gasteiger partial charge is 0.126 e. The van der Waals surface area contributed by atoms with Crippen molar-refractivity contribution in [2.75, 3.05) is 11.1 Å². The van der Waals surface area contributed by atoms with Crippen molar-refractivity contribution < 1.29 is 0 Å². The molecule has 0 saturated carbocycles. The molecule has 1 aromatic rings. The lowest BCUT2D eigenvalue weighted by Crippen LogP contribution is -1.97. The summed E-state index contributed by atoms with van der Waals surface area (Å²) in [6.45, 7) is 2.12. The lowest BCUT2D eigenvalue weighted by molar-refractivity contribution is 1.08. The Morgan fingerprint density at radius 2 is 2.43 bits per heavy atom. The van der Waals surface area contributed by atoms with Crippen molar-refractivity contribution in [1.29, 1.82) is 0 Å². The summed E-state index contributed by atoms with van der Waals surface area (Å²) in [7, 11) is 0. The predicted molar refractivity (Wildman–Crippen MR) is 64.5 cm³/mol. The highest BCUT2D eigenvalue weighted by atomic mass is 79.9. The quantitative estimate of drug-likeness (QED) is 0.663. The summed E-state index contributed by atoms with van der Waals surface area (Å²) in [6.07, 6.45) is 5.90. The molecule has 3 heteroatoms. The number of anilines is 1. The fraction of sp³-hybridized carbons (Fsp3) is 0.364. The SMILES string of the molecule is CC(=CCCBr)Cc1cccnc1N. The van der Waals surface area contributed by atoms with E-state index in [1.165, 1.54) is 5.57 Å². The van der Waals surface area contributed by atoms with Gasteiger partial charge in [-0.15, -0.1) is 0 Å². The van der Waals surface area contributed by atoms with Gasteiger partial charge in [0.25, 0.3) is 0 Å². The molecule has 0 aliphatic rings. The highest BCUT2D eigenvalue weighted by Crippen LogP contribution is 2.13. The van der Waals surface area contributed by atoms with Gasteiger partial charge in [-0.3, -0.25) is 0 Å². The molecule has 0 fully saturated rings. The first-order valence-corrected chi connectivity index (χ1v) is 5.77. The number of rotatable bonds is 4. The van der Waals surface area contributed by atoms with Crippen molar-refractivity contribution in [3.8, 4) is 0 Å². The molecule has 0 aliphatic carbocycles. The van der Waals surface area contributed by atoms with Gasteiger partial charge in [0.1, 0.15) is 5.82 Å². The van der Waals surface area contributed by atoms with E-state index in [-0.39, 0.29) is 0 Å². The number of allylic oxidation sites excluding steroid dienone is 2. The van der Waals surface area contributed by atoms with Crippen molar-refractivity contribution >= 4 is 21.7 Å². The third-order valence-electron chi connectivity index (χ3n) is 2.00. The molecule has 1 rings (SSSR count). The minimum Gasteiger partial charge on any atom is -0.383 e. The molecule has 0 amide bonds. The van der Waals surface area contributed by atoms with Crippen LogP contribution in [0.5, 0.6) is 0 Å². The minimum absolute atomic E-state index is 0.638. The maximum Gasteiger partial charge on any atom is 0.126 e. The van der Waals surface area contributed by atoms with Gasteiger partial charge in [-0.1, -0.05) is 33.6 Å². The van der Waals surface area contributed by atoms with Crippen molar-refractivity contribution in [2.45, 2.75) is 19.8 Å². The molecule has 2 nitrogen and oxygen atoms in total. The number of nitrogens with two attached hydrogens (primary N) is 1. The normalized spacial score (nSPS) is 11.7.